The molecule has 2 aromatic rings. The zero-order chi connectivity index (χ0) is 21.0. The summed E-state index contributed by atoms with van der Waals surface area (Å²) < 4.78 is 62.8. The van der Waals surface area contributed by atoms with Crippen LogP contribution < -0.4 is 20.1 Å². The van der Waals surface area contributed by atoms with E-state index in [0.29, 0.717) is 23.7 Å². The first-order valence-electron chi connectivity index (χ1n) is 8.95. The highest BCUT2D eigenvalue weighted by molar-refractivity contribution is 14.0. The third-order valence-electron chi connectivity index (χ3n) is 4.64. The van der Waals surface area contributed by atoms with Crippen molar-refractivity contribution in [1.82, 2.24) is 10.6 Å². The smallest absolute Gasteiger partial charge is 0.387 e. The Hall–Kier alpha value is -2.24. The van der Waals surface area contributed by atoms with Crippen LogP contribution in [-0.2, 0) is 6.54 Å². The number of alkyl halides is 2. The molecule has 1 saturated carbocycles. The van der Waals surface area contributed by atoms with E-state index in [1.165, 1.54) is 37.4 Å². The van der Waals surface area contributed by atoms with Crippen molar-refractivity contribution in [2.45, 2.75) is 31.5 Å². The number of methoxy groups -OCH3 is 1. The van der Waals surface area contributed by atoms with Crippen LogP contribution >= 0.6 is 24.0 Å². The lowest BCUT2D eigenvalue weighted by molar-refractivity contribution is -0.0505. The Morgan fingerprint density at radius 2 is 1.90 bits per heavy atom. The van der Waals surface area contributed by atoms with Gasteiger partial charge in [-0.05, 0) is 36.8 Å². The van der Waals surface area contributed by atoms with Crippen LogP contribution in [0.4, 0.5) is 17.6 Å². The first-order valence-corrected chi connectivity index (χ1v) is 8.95. The second-order valence-corrected chi connectivity index (χ2v) is 6.51. The number of nitrogens with one attached hydrogen (secondary N) is 2. The van der Waals surface area contributed by atoms with Gasteiger partial charge in [0.15, 0.2) is 5.96 Å². The van der Waals surface area contributed by atoms with E-state index in [-0.39, 0.29) is 53.8 Å². The molecular formula is C20H22F4IN3O2. The van der Waals surface area contributed by atoms with Crippen LogP contribution in [0, 0.1) is 11.6 Å². The van der Waals surface area contributed by atoms with Crippen LogP contribution in [0.25, 0.3) is 0 Å². The monoisotopic (exact) mass is 539 g/mol. The van der Waals surface area contributed by atoms with E-state index in [1.54, 1.807) is 13.1 Å². The summed E-state index contributed by atoms with van der Waals surface area (Å²) in [6.07, 6.45) is 0.553. The van der Waals surface area contributed by atoms with E-state index in [1.807, 2.05) is 0 Å². The maximum absolute atomic E-state index is 13.9. The maximum atomic E-state index is 13.9. The molecule has 2 unspecified atom stereocenters. The summed E-state index contributed by atoms with van der Waals surface area (Å²) in [5.41, 5.74) is 0.501. The van der Waals surface area contributed by atoms with Crippen LogP contribution in [0.3, 0.4) is 0 Å². The molecule has 0 spiro atoms. The summed E-state index contributed by atoms with van der Waals surface area (Å²) in [5.74, 6) is -0.575. The lowest BCUT2D eigenvalue weighted by Gasteiger charge is -2.15. The van der Waals surface area contributed by atoms with Gasteiger partial charge in [-0.1, -0.05) is 6.07 Å². The molecule has 0 radical (unpaired) electrons. The molecule has 164 valence electrons. The summed E-state index contributed by atoms with van der Waals surface area (Å²) in [5, 5.41) is 6.08. The van der Waals surface area contributed by atoms with Crippen LogP contribution in [-0.4, -0.2) is 32.8 Å². The molecular weight excluding hydrogens is 517 g/mol. The van der Waals surface area contributed by atoms with Crippen LogP contribution in [0.1, 0.15) is 23.5 Å². The standard InChI is InChI=1S/C20H21F4N3O2.HI/c1-25-20(27-16-9-13(16)18-14(21)4-3-5-15(18)22)26-10-11-8-12(28-2)6-7-17(11)29-19(23)24;/h3-8,13,16,19H,9-10H2,1-2H3,(H2,25,26,27);1H. The topological polar surface area (TPSA) is 54.9 Å². The molecule has 1 aliphatic carbocycles. The number of ether oxygens (including phenoxy) is 2. The highest BCUT2D eigenvalue weighted by Gasteiger charge is 2.42. The fourth-order valence-electron chi connectivity index (χ4n) is 3.12. The first-order chi connectivity index (χ1) is 13.9. The molecule has 30 heavy (non-hydrogen) atoms. The Morgan fingerprint density at radius 1 is 1.20 bits per heavy atom. The highest BCUT2D eigenvalue weighted by atomic mass is 127. The molecule has 0 saturated heterocycles. The molecule has 5 nitrogen and oxygen atoms in total. The quantitative estimate of drug-likeness (QED) is 0.237. The zero-order valence-corrected chi connectivity index (χ0v) is 18.6. The van der Waals surface area contributed by atoms with Gasteiger partial charge in [-0.15, -0.1) is 24.0 Å². The van der Waals surface area contributed by atoms with Gasteiger partial charge < -0.3 is 20.1 Å². The van der Waals surface area contributed by atoms with Gasteiger partial charge >= 0.3 is 6.61 Å². The third-order valence-corrected chi connectivity index (χ3v) is 4.64. The van der Waals surface area contributed by atoms with Crippen molar-refractivity contribution in [3.8, 4) is 11.5 Å². The Balaban J connectivity index is 0.00000320. The van der Waals surface area contributed by atoms with Crippen LogP contribution in [0.15, 0.2) is 41.4 Å². The van der Waals surface area contributed by atoms with E-state index in [4.69, 9.17) is 4.74 Å². The SMILES string of the molecule is CN=C(NCc1cc(OC)ccc1OC(F)F)NC1CC1c1c(F)cccc1F.I. The Morgan fingerprint density at radius 3 is 2.50 bits per heavy atom. The van der Waals surface area contributed by atoms with Crippen molar-refractivity contribution in [1.29, 1.82) is 0 Å². The van der Waals surface area contributed by atoms with Crippen molar-refractivity contribution < 1.29 is 27.0 Å². The molecule has 2 atom stereocenters. The molecule has 2 N–H and O–H groups in total. The van der Waals surface area contributed by atoms with Crippen LogP contribution in [0.2, 0.25) is 0 Å². The fourth-order valence-corrected chi connectivity index (χ4v) is 3.12. The number of halogens is 5. The molecule has 0 aromatic heterocycles. The number of guanidine groups is 1. The minimum Gasteiger partial charge on any atom is -0.497 e. The minimum atomic E-state index is -2.96. The lowest BCUT2D eigenvalue weighted by Crippen LogP contribution is -2.38. The number of hydrogen-bond acceptors (Lipinski definition) is 3. The zero-order valence-electron chi connectivity index (χ0n) is 16.3. The predicted molar refractivity (Wildman–Crippen MR) is 116 cm³/mol. The summed E-state index contributed by atoms with van der Waals surface area (Å²) >= 11 is 0. The number of nitrogens with zero attached hydrogens (tertiary/aromatic N) is 1. The van der Waals surface area contributed by atoms with Crippen molar-refractivity contribution >= 4 is 29.9 Å². The van der Waals surface area contributed by atoms with Gasteiger partial charge in [-0.3, -0.25) is 4.99 Å². The van der Waals surface area contributed by atoms with E-state index in [2.05, 4.69) is 20.4 Å². The number of hydrogen-bond donors (Lipinski definition) is 2. The van der Waals surface area contributed by atoms with Gasteiger partial charge in [0.1, 0.15) is 23.1 Å². The third kappa shape index (κ3) is 5.89. The second kappa shape index (κ2) is 10.7. The fraction of sp³-hybridized carbons (Fsp3) is 0.350. The van der Waals surface area contributed by atoms with Gasteiger partial charge in [-0.2, -0.15) is 8.78 Å². The summed E-state index contributed by atoms with van der Waals surface area (Å²) in [7, 11) is 3.01. The van der Waals surface area contributed by atoms with Crippen molar-refractivity contribution in [2.24, 2.45) is 4.99 Å². The van der Waals surface area contributed by atoms with E-state index < -0.39 is 18.2 Å². The number of aliphatic imine (C=N–C) groups is 1. The Kier molecular flexibility index (Phi) is 8.56. The Bertz CT molecular complexity index is 878. The average molecular weight is 539 g/mol. The summed E-state index contributed by atoms with van der Waals surface area (Å²) in [4.78, 5) is 4.08. The van der Waals surface area contributed by atoms with Crippen molar-refractivity contribution in [3.63, 3.8) is 0 Å². The maximum Gasteiger partial charge on any atom is 0.387 e. The highest BCUT2D eigenvalue weighted by Crippen LogP contribution is 2.43. The largest absolute Gasteiger partial charge is 0.497 e. The van der Waals surface area contributed by atoms with E-state index in [9.17, 15) is 17.6 Å². The Labute approximate surface area is 188 Å². The molecule has 0 heterocycles. The van der Waals surface area contributed by atoms with Gasteiger partial charge in [0.25, 0.3) is 0 Å². The van der Waals surface area contributed by atoms with Gasteiger partial charge in [-0.25, -0.2) is 8.78 Å². The van der Waals surface area contributed by atoms with E-state index in [0.717, 1.165) is 0 Å². The predicted octanol–water partition coefficient (Wildman–Crippen LogP) is 4.41. The second-order valence-electron chi connectivity index (χ2n) is 6.51. The van der Waals surface area contributed by atoms with Gasteiger partial charge in [0.2, 0.25) is 0 Å². The molecule has 1 aliphatic rings. The van der Waals surface area contributed by atoms with Crippen molar-refractivity contribution in [2.75, 3.05) is 14.2 Å². The molecule has 0 aliphatic heterocycles. The normalized spacial score (nSPS) is 17.9. The number of benzene rings is 2. The van der Waals surface area contributed by atoms with Gasteiger partial charge in [0.05, 0.1) is 7.11 Å². The number of rotatable bonds is 7. The minimum absolute atomic E-state index is 0. The summed E-state index contributed by atoms with van der Waals surface area (Å²) in [6.45, 7) is -2.83. The molecule has 0 amide bonds. The molecule has 1 fully saturated rings. The summed E-state index contributed by atoms with van der Waals surface area (Å²) in [6, 6.07) is 8.10. The van der Waals surface area contributed by atoms with Gasteiger partial charge in [0, 0.05) is 36.7 Å². The first kappa shape index (κ1) is 24.0. The average Bonchev–Trinajstić information content (AvgIpc) is 3.44. The molecule has 10 heteroatoms. The molecule has 3 rings (SSSR count). The molecule has 0 bridgehead atoms. The lowest BCUT2D eigenvalue weighted by atomic mass is 10.1. The van der Waals surface area contributed by atoms with Crippen molar-refractivity contribution in [3.05, 3.63) is 59.2 Å². The van der Waals surface area contributed by atoms with Crippen LogP contribution in [0.5, 0.6) is 11.5 Å². The molecule has 2 aromatic carbocycles. The van der Waals surface area contributed by atoms with E-state index >= 15 is 0 Å².